The maximum Gasteiger partial charge on any atom is 0.274 e. The second-order valence-electron chi connectivity index (χ2n) is 6.90. The first-order chi connectivity index (χ1) is 13.5. The van der Waals surface area contributed by atoms with Gasteiger partial charge in [-0.25, -0.2) is 9.97 Å². The number of para-hydroxylation sites is 1. The SMILES string of the molecule is CC(=O)c1ccc(NC(=O)c2cc(N3c4ccccc4CC3C)ncn2)cc1. The summed E-state index contributed by atoms with van der Waals surface area (Å²) < 4.78 is 0. The first-order valence-corrected chi connectivity index (χ1v) is 9.14. The van der Waals surface area contributed by atoms with Crippen LogP contribution in [0.25, 0.3) is 0 Å². The molecule has 2 aromatic carbocycles. The fourth-order valence-electron chi connectivity index (χ4n) is 3.50. The summed E-state index contributed by atoms with van der Waals surface area (Å²) in [5.74, 6) is 0.363. The maximum atomic E-state index is 12.6. The fourth-order valence-corrected chi connectivity index (χ4v) is 3.50. The molecule has 1 unspecified atom stereocenters. The van der Waals surface area contributed by atoms with E-state index in [0.717, 1.165) is 12.1 Å². The van der Waals surface area contributed by atoms with Crippen LogP contribution in [0.4, 0.5) is 17.2 Å². The highest BCUT2D eigenvalue weighted by Gasteiger charge is 2.28. The van der Waals surface area contributed by atoms with E-state index < -0.39 is 0 Å². The number of carbonyl (C=O) groups excluding carboxylic acids is 2. The molecule has 0 bridgehead atoms. The number of ketones is 1. The van der Waals surface area contributed by atoms with Crippen molar-refractivity contribution >= 4 is 28.9 Å². The van der Waals surface area contributed by atoms with Gasteiger partial charge in [0, 0.05) is 29.0 Å². The van der Waals surface area contributed by atoms with Crippen molar-refractivity contribution in [2.75, 3.05) is 10.2 Å². The zero-order chi connectivity index (χ0) is 19.7. The van der Waals surface area contributed by atoms with E-state index in [1.807, 2.05) is 12.1 Å². The maximum absolute atomic E-state index is 12.6. The molecule has 0 saturated heterocycles. The highest BCUT2D eigenvalue weighted by atomic mass is 16.2. The summed E-state index contributed by atoms with van der Waals surface area (Å²) in [7, 11) is 0. The van der Waals surface area contributed by atoms with Crippen molar-refractivity contribution in [3.63, 3.8) is 0 Å². The van der Waals surface area contributed by atoms with Gasteiger partial charge >= 0.3 is 0 Å². The molecule has 2 heterocycles. The predicted molar refractivity (Wildman–Crippen MR) is 108 cm³/mol. The number of aromatic nitrogens is 2. The van der Waals surface area contributed by atoms with E-state index in [-0.39, 0.29) is 23.4 Å². The van der Waals surface area contributed by atoms with Crippen molar-refractivity contribution < 1.29 is 9.59 Å². The highest BCUT2D eigenvalue weighted by molar-refractivity contribution is 6.03. The van der Waals surface area contributed by atoms with E-state index in [9.17, 15) is 9.59 Å². The zero-order valence-electron chi connectivity index (χ0n) is 15.7. The normalized spacial score (nSPS) is 15.2. The standard InChI is InChI=1S/C22H20N4O2/c1-14-11-17-5-3-4-6-20(17)26(14)21-12-19(23-13-24-21)22(28)25-18-9-7-16(8-10-18)15(2)27/h3-10,12-14H,11H2,1-2H3,(H,25,28). The van der Waals surface area contributed by atoms with E-state index in [1.54, 1.807) is 30.3 Å². The number of rotatable bonds is 4. The van der Waals surface area contributed by atoms with Crippen molar-refractivity contribution in [2.24, 2.45) is 0 Å². The quantitative estimate of drug-likeness (QED) is 0.700. The van der Waals surface area contributed by atoms with Gasteiger partial charge in [0.25, 0.3) is 5.91 Å². The molecule has 28 heavy (non-hydrogen) atoms. The van der Waals surface area contributed by atoms with Crippen molar-refractivity contribution in [3.8, 4) is 0 Å². The minimum atomic E-state index is -0.320. The molecule has 1 aliphatic heterocycles. The molecule has 1 N–H and O–H groups in total. The summed E-state index contributed by atoms with van der Waals surface area (Å²) in [5.41, 5.74) is 3.88. The lowest BCUT2D eigenvalue weighted by Crippen LogP contribution is -2.25. The van der Waals surface area contributed by atoms with Gasteiger partial charge in [0.05, 0.1) is 0 Å². The largest absolute Gasteiger partial charge is 0.323 e. The molecule has 0 fully saturated rings. The third-order valence-corrected chi connectivity index (χ3v) is 4.89. The topological polar surface area (TPSA) is 75.2 Å². The van der Waals surface area contributed by atoms with Gasteiger partial charge in [-0.15, -0.1) is 0 Å². The third-order valence-electron chi connectivity index (χ3n) is 4.89. The Kier molecular flexibility index (Phi) is 4.61. The molecule has 3 aromatic rings. The summed E-state index contributed by atoms with van der Waals surface area (Å²) in [6.45, 7) is 3.64. The van der Waals surface area contributed by atoms with Crippen LogP contribution in [0, 0.1) is 0 Å². The highest BCUT2D eigenvalue weighted by Crippen LogP contribution is 2.37. The number of fused-ring (bicyclic) bond motifs is 1. The van der Waals surface area contributed by atoms with Crippen LogP contribution in [0.5, 0.6) is 0 Å². The van der Waals surface area contributed by atoms with Gasteiger partial charge < -0.3 is 10.2 Å². The average molecular weight is 372 g/mol. The number of hydrogen-bond donors (Lipinski definition) is 1. The Morgan fingerprint density at radius 1 is 1.07 bits per heavy atom. The second-order valence-corrected chi connectivity index (χ2v) is 6.90. The van der Waals surface area contributed by atoms with Crippen molar-refractivity contribution in [3.05, 3.63) is 77.7 Å². The molecule has 0 aliphatic carbocycles. The number of carbonyl (C=O) groups is 2. The molecule has 0 spiro atoms. The summed E-state index contributed by atoms with van der Waals surface area (Å²) in [5, 5.41) is 2.81. The van der Waals surface area contributed by atoms with E-state index in [1.165, 1.54) is 18.8 Å². The fraction of sp³-hybridized carbons (Fsp3) is 0.182. The molecule has 6 heteroatoms. The van der Waals surface area contributed by atoms with Crippen LogP contribution in [0.2, 0.25) is 0 Å². The Bertz CT molecular complexity index is 1050. The van der Waals surface area contributed by atoms with Gasteiger partial charge in [-0.05, 0) is 56.2 Å². The molecule has 1 aliphatic rings. The number of anilines is 3. The van der Waals surface area contributed by atoms with Gasteiger partial charge in [0.15, 0.2) is 5.78 Å². The Hall–Kier alpha value is -3.54. The zero-order valence-corrected chi connectivity index (χ0v) is 15.7. The number of nitrogens with zero attached hydrogens (tertiary/aromatic N) is 3. The van der Waals surface area contributed by atoms with Crippen molar-refractivity contribution in [2.45, 2.75) is 26.3 Å². The third kappa shape index (κ3) is 3.36. The molecule has 0 saturated carbocycles. The van der Waals surface area contributed by atoms with Gasteiger partial charge in [-0.1, -0.05) is 18.2 Å². The van der Waals surface area contributed by atoms with Crippen LogP contribution in [0.1, 0.15) is 40.3 Å². The smallest absolute Gasteiger partial charge is 0.274 e. The van der Waals surface area contributed by atoms with Gasteiger partial charge in [0.1, 0.15) is 17.8 Å². The number of amides is 1. The average Bonchev–Trinajstić information content (AvgIpc) is 3.04. The van der Waals surface area contributed by atoms with Gasteiger partial charge in [0.2, 0.25) is 0 Å². The van der Waals surface area contributed by atoms with Crippen molar-refractivity contribution in [1.82, 2.24) is 9.97 Å². The lowest BCUT2D eigenvalue weighted by Gasteiger charge is -2.23. The molecule has 6 nitrogen and oxygen atoms in total. The number of nitrogens with one attached hydrogen (secondary N) is 1. The van der Waals surface area contributed by atoms with Crippen LogP contribution in [0.3, 0.4) is 0 Å². The van der Waals surface area contributed by atoms with Crippen LogP contribution in [-0.2, 0) is 6.42 Å². The van der Waals surface area contributed by atoms with Crippen molar-refractivity contribution in [1.29, 1.82) is 0 Å². The first kappa shape index (κ1) is 17.9. The van der Waals surface area contributed by atoms with Crippen LogP contribution in [0.15, 0.2) is 60.9 Å². The van der Waals surface area contributed by atoms with Crippen LogP contribution in [-0.4, -0.2) is 27.7 Å². The van der Waals surface area contributed by atoms with Crippen LogP contribution < -0.4 is 10.2 Å². The molecular weight excluding hydrogens is 352 g/mol. The molecule has 140 valence electrons. The van der Waals surface area contributed by atoms with E-state index in [2.05, 4.69) is 39.2 Å². The molecule has 1 amide bonds. The second kappa shape index (κ2) is 7.23. The predicted octanol–water partition coefficient (Wildman–Crippen LogP) is 4.01. The van der Waals surface area contributed by atoms with Crippen LogP contribution >= 0.6 is 0 Å². The Morgan fingerprint density at radius 2 is 1.82 bits per heavy atom. The molecule has 1 atom stereocenters. The monoisotopic (exact) mass is 372 g/mol. The number of benzene rings is 2. The van der Waals surface area contributed by atoms with E-state index >= 15 is 0 Å². The van der Waals surface area contributed by atoms with E-state index in [0.29, 0.717) is 17.1 Å². The molecule has 1 aromatic heterocycles. The minimum Gasteiger partial charge on any atom is -0.323 e. The first-order valence-electron chi connectivity index (χ1n) is 9.14. The lowest BCUT2D eigenvalue weighted by molar-refractivity contribution is 0.101. The van der Waals surface area contributed by atoms with Gasteiger partial charge in [-0.3, -0.25) is 9.59 Å². The molecular formula is C22H20N4O2. The molecule has 4 rings (SSSR count). The Balaban J connectivity index is 1.57. The summed E-state index contributed by atoms with van der Waals surface area (Å²) >= 11 is 0. The summed E-state index contributed by atoms with van der Waals surface area (Å²) in [6, 6.07) is 17.0. The number of hydrogen-bond acceptors (Lipinski definition) is 5. The minimum absolute atomic E-state index is 0.0154. The lowest BCUT2D eigenvalue weighted by atomic mass is 10.1. The summed E-state index contributed by atoms with van der Waals surface area (Å²) in [4.78, 5) is 34.7. The molecule has 0 radical (unpaired) electrons. The van der Waals surface area contributed by atoms with Gasteiger partial charge in [-0.2, -0.15) is 0 Å². The Morgan fingerprint density at radius 3 is 2.57 bits per heavy atom. The Labute approximate surface area is 163 Å². The number of Topliss-reactive ketones (excluding diaryl/α,β-unsaturated/α-hetero) is 1. The van der Waals surface area contributed by atoms with E-state index in [4.69, 9.17) is 0 Å². The summed E-state index contributed by atoms with van der Waals surface area (Å²) in [6.07, 6.45) is 2.35.